The molecular formula is C18H23N3O2S. The maximum atomic E-state index is 12.6. The van der Waals surface area contributed by atoms with Crippen LogP contribution in [-0.2, 0) is 11.3 Å². The molecule has 1 amide bonds. The molecule has 6 heteroatoms. The Morgan fingerprint density at radius 2 is 2.21 bits per heavy atom. The zero-order valence-electron chi connectivity index (χ0n) is 14.1. The first-order valence-corrected chi connectivity index (χ1v) is 9.48. The number of carbonyl (C=O) groups is 1. The fourth-order valence-corrected chi connectivity index (χ4v) is 3.74. The van der Waals surface area contributed by atoms with Crippen molar-refractivity contribution in [3.05, 3.63) is 35.2 Å². The number of carbonyl (C=O) groups excluding carboxylic acids is 1. The molecule has 2 saturated carbocycles. The molecule has 24 heavy (non-hydrogen) atoms. The normalized spacial score (nSPS) is 22.8. The molecule has 2 aromatic heterocycles. The number of furan rings is 1. The van der Waals surface area contributed by atoms with Crippen LogP contribution in [0.15, 0.2) is 28.1 Å². The first-order valence-electron chi connectivity index (χ1n) is 8.60. The van der Waals surface area contributed by atoms with Gasteiger partial charge in [-0.25, -0.2) is 4.98 Å². The topological polar surface area (TPSA) is 49.6 Å². The minimum Gasteiger partial charge on any atom is -0.464 e. The molecular weight excluding hydrogens is 322 g/mol. The van der Waals surface area contributed by atoms with E-state index in [1.807, 2.05) is 5.38 Å². The van der Waals surface area contributed by atoms with Crippen LogP contribution in [0.2, 0.25) is 0 Å². The van der Waals surface area contributed by atoms with Crippen LogP contribution < -0.4 is 4.90 Å². The molecule has 2 heterocycles. The van der Waals surface area contributed by atoms with Gasteiger partial charge in [-0.15, -0.1) is 11.3 Å². The number of hydrogen-bond donors (Lipinski definition) is 0. The Kier molecular flexibility index (Phi) is 4.18. The fraction of sp³-hybridized carbons (Fsp3) is 0.556. The Labute approximate surface area is 146 Å². The molecule has 2 aromatic rings. The predicted molar refractivity (Wildman–Crippen MR) is 94.2 cm³/mol. The minimum atomic E-state index is 0.0828. The van der Waals surface area contributed by atoms with Gasteiger partial charge in [0.2, 0.25) is 5.91 Å². The highest BCUT2D eigenvalue weighted by molar-refractivity contribution is 7.13. The van der Waals surface area contributed by atoms with Crippen LogP contribution in [0.1, 0.15) is 43.6 Å². The molecule has 0 aliphatic heterocycles. The van der Waals surface area contributed by atoms with Crippen LogP contribution in [0.25, 0.3) is 0 Å². The molecule has 4 rings (SSSR count). The second-order valence-corrected chi connectivity index (χ2v) is 7.90. The summed E-state index contributed by atoms with van der Waals surface area (Å²) in [6.45, 7) is 3.39. The molecule has 0 spiro atoms. The second-order valence-electron chi connectivity index (χ2n) is 7.03. The number of amides is 1. The van der Waals surface area contributed by atoms with Gasteiger partial charge >= 0.3 is 0 Å². The third-order valence-electron chi connectivity index (χ3n) is 5.00. The second kappa shape index (κ2) is 6.33. The molecule has 0 saturated heterocycles. The smallest absolute Gasteiger partial charge is 0.242 e. The number of likely N-dealkylation sites (N-methyl/N-ethyl adjacent to an activating group) is 1. The van der Waals surface area contributed by atoms with Crippen molar-refractivity contribution in [3.63, 3.8) is 0 Å². The lowest BCUT2D eigenvalue weighted by atomic mass is 10.3. The van der Waals surface area contributed by atoms with Crippen molar-refractivity contribution in [1.82, 2.24) is 9.88 Å². The summed E-state index contributed by atoms with van der Waals surface area (Å²) in [5, 5.41) is 2.64. The van der Waals surface area contributed by atoms with Crippen molar-refractivity contribution in [1.29, 1.82) is 0 Å². The van der Waals surface area contributed by atoms with E-state index in [4.69, 9.17) is 4.42 Å². The molecule has 2 atom stereocenters. The van der Waals surface area contributed by atoms with Crippen molar-refractivity contribution >= 4 is 22.4 Å². The van der Waals surface area contributed by atoms with E-state index in [1.165, 1.54) is 30.6 Å². The summed E-state index contributed by atoms with van der Waals surface area (Å²) in [5.41, 5.74) is 0. The van der Waals surface area contributed by atoms with Gasteiger partial charge in [-0.2, -0.15) is 0 Å². The van der Waals surface area contributed by atoms with Gasteiger partial charge in [-0.1, -0.05) is 6.92 Å². The maximum Gasteiger partial charge on any atom is 0.242 e. The van der Waals surface area contributed by atoms with Crippen LogP contribution in [0.4, 0.5) is 5.13 Å². The molecule has 2 fully saturated rings. The van der Waals surface area contributed by atoms with E-state index < -0.39 is 0 Å². The standard InChI is InChI=1S/C18H23N3O2S/c1-12-9-15(12)16-6-5-14(23-16)10-21(13-3-4-13)11-17(22)20(2)18-19-7-8-24-18/h5-8,12-13,15H,3-4,9-11H2,1-2H3/t12-,15-/m0/s1. The number of thiazole rings is 1. The monoisotopic (exact) mass is 345 g/mol. The molecule has 2 aliphatic carbocycles. The Bertz CT molecular complexity index is 708. The summed E-state index contributed by atoms with van der Waals surface area (Å²) in [7, 11) is 1.80. The molecule has 0 bridgehead atoms. The van der Waals surface area contributed by atoms with Gasteiger partial charge in [0.15, 0.2) is 5.13 Å². The van der Waals surface area contributed by atoms with Crippen molar-refractivity contribution in [2.45, 2.75) is 44.7 Å². The first kappa shape index (κ1) is 15.8. The molecule has 0 N–H and O–H groups in total. The van der Waals surface area contributed by atoms with Crippen molar-refractivity contribution in [2.24, 2.45) is 5.92 Å². The molecule has 5 nitrogen and oxygen atoms in total. The number of hydrogen-bond acceptors (Lipinski definition) is 5. The van der Waals surface area contributed by atoms with Gasteiger partial charge in [0.1, 0.15) is 11.5 Å². The maximum absolute atomic E-state index is 12.6. The molecule has 128 valence electrons. The van der Waals surface area contributed by atoms with E-state index in [1.54, 1.807) is 18.1 Å². The summed E-state index contributed by atoms with van der Waals surface area (Å²) in [5.74, 6) is 3.52. The summed E-state index contributed by atoms with van der Waals surface area (Å²) < 4.78 is 6.02. The quantitative estimate of drug-likeness (QED) is 0.771. The van der Waals surface area contributed by atoms with Crippen LogP contribution in [0.5, 0.6) is 0 Å². The fourth-order valence-electron chi connectivity index (χ4n) is 3.12. The average Bonchev–Trinajstić information content (AvgIpc) is 3.42. The highest BCUT2D eigenvalue weighted by Crippen LogP contribution is 2.47. The highest BCUT2D eigenvalue weighted by atomic mass is 32.1. The summed E-state index contributed by atoms with van der Waals surface area (Å²) in [4.78, 5) is 20.7. The van der Waals surface area contributed by atoms with Crippen LogP contribution >= 0.6 is 11.3 Å². The van der Waals surface area contributed by atoms with Crippen molar-refractivity contribution in [3.8, 4) is 0 Å². The van der Waals surface area contributed by atoms with Gasteiger partial charge < -0.3 is 4.42 Å². The number of rotatable bonds is 7. The minimum absolute atomic E-state index is 0.0828. The van der Waals surface area contributed by atoms with Crippen LogP contribution in [0.3, 0.4) is 0 Å². The summed E-state index contributed by atoms with van der Waals surface area (Å²) in [6.07, 6.45) is 5.30. The van der Waals surface area contributed by atoms with E-state index in [2.05, 4.69) is 28.9 Å². The zero-order chi connectivity index (χ0) is 16.7. The van der Waals surface area contributed by atoms with Gasteiger partial charge in [-0.05, 0) is 37.3 Å². The zero-order valence-corrected chi connectivity index (χ0v) is 15.0. The number of nitrogens with zero attached hydrogens (tertiary/aromatic N) is 3. The SMILES string of the molecule is C[C@H]1C[C@@H]1c1ccc(CN(CC(=O)N(C)c2nccs2)C2CC2)o1. The average molecular weight is 345 g/mol. The third-order valence-corrected chi connectivity index (χ3v) is 5.85. The third kappa shape index (κ3) is 3.39. The largest absolute Gasteiger partial charge is 0.464 e. The number of aromatic nitrogens is 1. The lowest BCUT2D eigenvalue weighted by Gasteiger charge is -2.23. The van der Waals surface area contributed by atoms with E-state index in [0.717, 1.165) is 22.6 Å². The summed E-state index contributed by atoms with van der Waals surface area (Å²) in [6, 6.07) is 4.69. The van der Waals surface area contributed by atoms with Gasteiger partial charge in [0.25, 0.3) is 0 Å². The Morgan fingerprint density at radius 1 is 1.42 bits per heavy atom. The van der Waals surface area contributed by atoms with Crippen molar-refractivity contribution in [2.75, 3.05) is 18.5 Å². The van der Waals surface area contributed by atoms with E-state index in [0.29, 0.717) is 25.0 Å². The number of anilines is 1. The van der Waals surface area contributed by atoms with E-state index >= 15 is 0 Å². The van der Waals surface area contributed by atoms with Gasteiger partial charge in [0.05, 0.1) is 13.1 Å². The Hall–Kier alpha value is -1.66. The van der Waals surface area contributed by atoms with Gasteiger partial charge in [-0.3, -0.25) is 14.6 Å². The first-order chi connectivity index (χ1) is 11.6. The predicted octanol–water partition coefficient (Wildman–Crippen LogP) is 3.49. The highest BCUT2D eigenvalue weighted by Gasteiger charge is 2.37. The molecule has 0 unspecified atom stereocenters. The molecule has 0 radical (unpaired) electrons. The van der Waals surface area contributed by atoms with Crippen LogP contribution in [-0.4, -0.2) is 35.4 Å². The van der Waals surface area contributed by atoms with Crippen molar-refractivity contribution < 1.29 is 9.21 Å². The summed E-state index contributed by atoms with van der Waals surface area (Å²) >= 11 is 1.49. The Morgan fingerprint density at radius 3 is 2.83 bits per heavy atom. The van der Waals surface area contributed by atoms with Gasteiger partial charge in [0, 0.05) is 30.6 Å². The van der Waals surface area contributed by atoms with Crippen LogP contribution in [0, 0.1) is 5.92 Å². The lowest BCUT2D eigenvalue weighted by Crippen LogP contribution is -2.39. The lowest BCUT2D eigenvalue weighted by molar-refractivity contribution is -0.119. The molecule has 2 aliphatic rings. The van der Waals surface area contributed by atoms with E-state index in [-0.39, 0.29) is 5.91 Å². The Balaban J connectivity index is 1.39. The van der Waals surface area contributed by atoms with E-state index in [9.17, 15) is 4.79 Å². The molecule has 0 aromatic carbocycles.